The quantitative estimate of drug-likeness (QED) is 0.101. The zero-order chi connectivity index (χ0) is 76.2. The number of benzene rings is 19. The van der Waals surface area contributed by atoms with Gasteiger partial charge in [0, 0.05) is 78.2 Å². The van der Waals surface area contributed by atoms with Crippen LogP contribution < -0.4 is 19.6 Å². The SMILES string of the molecule is CC1(C)c2cc(N(c3ccc4ccccc4c3)c3ccc4cc(-c5cc(-c6ccccc6)cc(-c6ccc(N(c7ccc8c(c7)C(C)(C)c7cc(N(c9ccccc9)c9cccc%10ccccc9%10)ccc7-8)c7cccc8ccccc78)cc6)c5)ccc4c3)ccc2-c2ccc(N(c3ccccc3)c3cccc4ccccc34)cc21. The molecule has 0 spiro atoms. The topological polar surface area (TPSA) is 13.0 Å². The van der Waals surface area contributed by atoms with Crippen LogP contribution in [0.5, 0.6) is 0 Å². The van der Waals surface area contributed by atoms with E-state index in [1.54, 1.807) is 0 Å². The van der Waals surface area contributed by atoms with Crippen molar-refractivity contribution in [1.29, 1.82) is 0 Å². The number of fused-ring (bicyclic) bond motifs is 11. The van der Waals surface area contributed by atoms with E-state index in [0.717, 1.165) is 101 Å². The first-order valence-corrected chi connectivity index (χ1v) is 39.7. The van der Waals surface area contributed by atoms with E-state index in [2.05, 4.69) is 460 Å². The van der Waals surface area contributed by atoms with E-state index in [-0.39, 0.29) is 10.8 Å². The molecule has 114 heavy (non-hydrogen) atoms. The maximum atomic E-state index is 2.47. The van der Waals surface area contributed by atoms with Gasteiger partial charge in [0.15, 0.2) is 0 Å². The van der Waals surface area contributed by atoms with Gasteiger partial charge in [-0.25, -0.2) is 0 Å². The molecule has 540 valence electrons. The average Bonchev–Trinajstić information content (AvgIpc) is 1.57. The molecule has 0 saturated carbocycles. The molecule has 21 rings (SSSR count). The van der Waals surface area contributed by atoms with Gasteiger partial charge in [0.2, 0.25) is 0 Å². The van der Waals surface area contributed by atoms with Gasteiger partial charge in [-0.3, -0.25) is 0 Å². The van der Waals surface area contributed by atoms with Gasteiger partial charge < -0.3 is 19.6 Å². The largest absolute Gasteiger partial charge is 0.310 e. The van der Waals surface area contributed by atoms with Crippen LogP contribution in [0.2, 0.25) is 0 Å². The highest BCUT2D eigenvalue weighted by atomic mass is 15.2. The predicted octanol–water partition coefficient (Wildman–Crippen LogP) is 30.9. The van der Waals surface area contributed by atoms with Crippen LogP contribution in [0.1, 0.15) is 49.9 Å². The van der Waals surface area contributed by atoms with Gasteiger partial charge in [0.25, 0.3) is 0 Å². The number of hydrogen-bond donors (Lipinski definition) is 0. The maximum absolute atomic E-state index is 2.47. The van der Waals surface area contributed by atoms with Crippen molar-refractivity contribution >= 4 is 122 Å². The van der Waals surface area contributed by atoms with E-state index < -0.39 is 0 Å². The van der Waals surface area contributed by atoms with Crippen molar-refractivity contribution in [2.45, 2.75) is 38.5 Å². The first-order chi connectivity index (χ1) is 56.0. The molecule has 0 N–H and O–H groups in total. The minimum atomic E-state index is -0.322. The molecule has 0 aromatic heterocycles. The van der Waals surface area contributed by atoms with Gasteiger partial charge in [-0.2, -0.15) is 0 Å². The second-order valence-electron chi connectivity index (χ2n) is 31.7. The molecule has 0 aliphatic heterocycles. The Kier molecular flexibility index (Phi) is 16.2. The van der Waals surface area contributed by atoms with Crippen molar-refractivity contribution in [2.75, 3.05) is 19.6 Å². The summed E-state index contributed by atoms with van der Waals surface area (Å²) in [7, 11) is 0. The van der Waals surface area contributed by atoms with E-state index in [1.165, 1.54) is 98.5 Å². The first-order valence-electron chi connectivity index (χ1n) is 39.7. The van der Waals surface area contributed by atoms with Crippen LogP contribution in [-0.4, -0.2) is 0 Å². The zero-order valence-electron chi connectivity index (χ0n) is 64.0. The Morgan fingerprint density at radius 1 is 0.158 bits per heavy atom. The normalized spacial score (nSPS) is 12.9. The highest BCUT2D eigenvalue weighted by Crippen LogP contribution is 2.56. The molecule has 2 aliphatic carbocycles. The molecule has 0 heterocycles. The molecule has 0 amide bonds. The molecule has 0 unspecified atom stereocenters. The Balaban J connectivity index is 0.622. The number of rotatable bonds is 15. The Labute approximate surface area is 666 Å². The monoisotopic (exact) mass is 1460 g/mol. The summed E-state index contributed by atoms with van der Waals surface area (Å²) in [6.45, 7) is 9.60. The van der Waals surface area contributed by atoms with Crippen molar-refractivity contribution in [3.05, 3.63) is 435 Å². The molecule has 4 heteroatoms. The number of nitrogens with zero attached hydrogens (tertiary/aromatic N) is 4. The van der Waals surface area contributed by atoms with Crippen molar-refractivity contribution in [1.82, 2.24) is 0 Å². The Morgan fingerprint density at radius 2 is 0.430 bits per heavy atom. The van der Waals surface area contributed by atoms with Crippen molar-refractivity contribution < 1.29 is 0 Å². The second kappa shape index (κ2) is 27.3. The lowest BCUT2D eigenvalue weighted by Crippen LogP contribution is -2.18. The summed E-state index contributed by atoms with van der Waals surface area (Å²) in [6.07, 6.45) is 0. The zero-order valence-corrected chi connectivity index (χ0v) is 64.0. The fraction of sp³-hybridized carbons (Fsp3) is 0.0545. The summed E-state index contributed by atoms with van der Waals surface area (Å²) in [5.41, 5.74) is 30.1. The molecule has 19 aromatic carbocycles. The highest BCUT2D eigenvalue weighted by molar-refractivity contribution is 6.04. The summed E-state index contributed by atoms with van der Waals surface area (Å²) >= 11 is 0. The van der Waals surface area contributed by atoms with Gasteiger partial charge in [0.1, 0.15) is 0 Å². The fourth-order valence-electron chi connectivity index (χ4n) is 18.5. The molecular weight excluding hydrogens is 1380 g/mol. The van der Waals surface area contributed by atoms with Crippen LogP contribution in [0, 0.1) is 0 Å². The van der Waals surface area contributed by atoms with E-state index in [0.29, 0.717) is 0 Å². The summed E-state index contributed by atoms with van der Waals surface area (Å²) in [6, 6.07) is 153. The molecule has 4 nitrogen and oxygen atoms in total. The summed E-state index contributed by atoms with van der Waals surface area (Å²) in [5, 5.41) is 12.0. The Bertz CT molecular complexity index is 6990. The van der Waals surface area contributed by atoms with E-state index in [4.69, 9.17) is 0 Å². The van der Waals surface area contributed by atoms with Crippen LogP contribution in [-0.2, 0) is 10.8 Å². The predicted molar refractivity (Wildman–Crippen MR) is 484 cm³/mol. The van der Waals surface area contributed by atoms with Crippen LogP contribution in [0.4, 0.5) is 68.2 Å². The lowest BCUT2D eigenvalue weighted by molar-refractivity contribution is 0.660. The number of hydrogen-bond acceptors (Lipinski definition) is 4. The Hall–Kier alpha value is -14.3. The number of para-hydroxylation sites is 2. The molecule has 2 aliphatic rings. The van der Waals surface area contributed by atoms with E-state index in [9.17, 15) is 0 Å². The van der Waals surface area contributed by atoms with Crippen LogP contribution in [0.3, 0.4) is 0 Å². The fourth-order valence-corrected chi connectivity index (χ4v) is 18.5. The van der Waals surface area contributed by atoms with Gasteiger partial charge >= 0.3 is 0 Å². The summed E-state index contributed by atoms with van der Waals surface area (Å²) in [5.74, 6) is 0. The van der Waals surface area contributed by atoms with Crippen molar-refractivity contribution in [3.63, 3.8) is 0 Å². The lowest BCUT2D eigenvalue weighted by atomic mass is 9.82. The van der Waals surface area contributed by atoms with Crippen molar-refractivity contribution in [3.8, 4) is 55.6 Å². The van der Waals surface area contributed by atoms with E-state index >= 15 is 0 Å². The average molecular weight is 1460 g/mol. The third kappa shape index (κ3) is 11.6. The van der Waals surface area contributed by atoms with Gasteiger partial charge in [-0.1, -0.05) is 289 Å². The van der Waals surface area contributed by atoms with Gasteiger partial charge in [-0.15, -0.1) is 0 Å². The molecular formula is C110H80N4. The third-order valence-corrected chi connectivity index (χ3v) is 24.3. The van der Waals surface area contributed by atoms with Crippen LogP contribution in [0.15, 0.2) is 413 Å². The second-order valence-corrected chi connectivity index (χ2v) is 31.7. The molecule has 0 atom stereocenters. The Morgan fingerprint density at radius 3 is 0.860 bits per heavy atom. The maximum Gasteiger partial charge on any atom is 0.0540 e. The van der Waals surface area contributed by atoms with Crippen molar-refractivity contribution in [2.24, 2.45) is 0 Å². The molecule has 0 fully saturated rings. The summed E-state index contributed by atoms with van der Waals surface area (Å²) < 4.78 is 0. The smallest absolute Gasteiger partial charge is 0.0540 e. The molecule has 0 bridgehead atoms. The van der Waals surface area contributed by atoms with Crippen LogP contribution in [0.25, 0.3) is 109 Å². The standard InChI is InChI=1S/C110H80N4/c1-109(2)102-69-91(55-59-98(102)99-60-56-92(70-103(99)109)112(86-35-10-6-11-36-86)106-42-22-32-76-28-16-19-39-95(76)106)111(89-53-49-74-27-14-15-31-79(74)67-89)90-54-50-80-63-81(45-46-82(80)68-90)85-65-83(73-25-8-5-9-26-73)64-84(66-85)75-47-51-88(52-48-75)114(108-44-24-34-78-30-18-21-41-97(78)108)94-58-62-101-100-61-57-93(71-104(100)110(3,4)105(101)72-94)113(87-37-12-7-13-38-87)107-43-23-33-77-29-17-20-40-96(77)107/h5-72H,1-4H3. The highest BCUT2D eigenvalue weighted by Gasteiger charge is 2.39. The lowest BCUT2D eigenvalue weighted by Gasteiger charge is -2.30. The van der Waals surface area contributed by atoms with Gasteiger partial charge in [-0.05, 0) is 267 Å². The molecule has 19 aromatic rings. The molecule has 0 saturated heterocycles. The summed E-state index contributed by atoms with van der Waals surface area (Å²) in [4.78, 5) is 9.78. The minimum absolute atomic E-state index is 0.316. The van der Waals surface area contributed by atoms with Gasteiger partial charge in [0.05, 0.1) is 17.1 Å². The third-order valence-electron chi connectivity index (χ3n) is 24.3. The first kappa shape index (κ1) is 67.8. The van der Waals surface area contributed by atoms with E-state index in [1.807, 2.05) is 0 Å². The minimum Gasteiger partial charge on any atom is -0.310 e. The number of anilines is 12. The van der Waals surface area contributed by atoms with Crippen LogP contribution >= 0.6 is 0 Å². The molecule has 0 radical (unpaired) electrons.